The van der Waals surface area contributed by atoms with Gasteiger partial charge in [-0.3, -0.25) is 0 Å². The van der Waals surface area contributed by atoms with Crippen LogP contribution in [0.1, 0.15) is 28.7 Å². The van der Waals surface area contributed by atoms with Gasteiger partial charge in [0.2, 0.25) is 0 Å². The molecule has 0 aromatic heterocycles. The number of hydrogen-bond donors (Lipinski definition) is 0. The molecule has 0 spiro atoms. The Morgan fingerprint density at radius 1 is 1.16 bits per heavy atom. The van der Waals surface area contributed by atoms with Gasteiger partial charge in [0, 0.05) is 0 Å². The van der Waals surface area contributed by atoms with Crippen LogP contribution in [0.15, 0.2) is 36.4 Å². The van der Waals surface area contributed by atoms with Crippen molar-refractivity contribution in [3.8, 4) is 5.75 Å². The van der Waals surface area contributed by atoms with Crippen LogP contribution in [-0.2, 0) is 19.4 Å². The molecule has 0 bridgehead atoms. The Bertz CT molecular complexity index is 590. The largest absolute Gasteiger partial charge is 0.489 e. The number of fused-ring (bicyclic) bond motifs is 1. The van der Waals surface area contributed by atoms with Crippen LogP contribution in [0.5, 0.6) is 5.75 Å². The fourth-order valence-corrected chi connectivity index (χ4v) is 2.76. The zero-order valence-electron chi connectivity index (χ0n) is 11.3. The molecule has 0 heterocycles. The van der Waals surface area contributed by atoms with Gasteiger partial charge in [0.15, 0.2) is 0 Å². The maximum atomic E-state index is 6.19. The Balaban J connectivity index is 1.89. The Morgan fingerprint density at radius 3 is 2.74 bits per heavy atom. The van der Waals surface area contributed by atoms with Crippen molar-refractivity contribution in [1.29, 1.82) is 0 Å². The third-order valence-electron chi connectivity index (χ3n) is 3.82. The molecule has 2 radical (unpaired) electrons. The summed E-state index contributed by atoms with van der Waals surface area (Å²) in [5.74, 6) is 0.913. The Morgan fingerprint density at radius 2 is 1.95 bits per heavy atom. The molecule has 0 saturated carbocycles. The van der Waals surface area contributed by atoms with E-state index >= 15 is 0 Å². The molecule has 0 unspecified atom stereocenters. The van der Waals surface area contributed by atoms with Gasteiger partial charge in [-0.15, -0.1) is 0 Å². The average Bonchev–Trinajstić information content (AvgIpc) is 2.88. The lowest BCUT2D eigenvalue weighted by Gasteiger charge is -2.16. The van der Waals surface area contributed by atoms with Crippen molar-refractivity contribution in [2.24, 2.45) is 0 Å². The molecule has 0 aliphatic heterocycles. The fourth-order valence-electron chi connectivity index (χ4n) is 2.76. The third kappa shape index (κ3) is 2.40. The Hall–Kier alpha value is -1.70. The second-order valence-corrected chi connectivity index (χ2v) is 5.20. The molecule has 3 rings (SSSR count). The molecular weight excluding hydrogens is 231 g/mol. The third-order valence-corrected chi connectivity index (χ3v) is 3.82. The number of ether oxygens (including phenoxy) is 1. The molecule has 0 N–H and O–H groups in total. The minimum absolute atomic E-state index is 0.584. The summed E-state index contributed by atoms with van der Waals surface area (Å²) in [4.78, 5) is 0. The zero-order valence-corrected chi connectivity index (χ0v) is 11.3. The summed E-state index contributed by atoms with van der Waals surface area (Å²) < 4.78 is 6.02. The van der Waals surface area contributed by atoms with Crippen LogP contribution in [0, 0.1) is 6.92 Å². The first kappa shape index (κ1) is 12.3. The van der Waals surface area contributed by atoms with Gasteiger partial charge < -0.3 is 4.74 Å². The predicted octanol–water partition coefficient (Wildman–Crippen LogP) is 2.86. The van der Waals surface area contributed by atoms with Crippen molar-refractivity contribution in [3.05, 3.63) is 58.7 Å². The second kappa shape index (κ2) is 5.12. The molecule has 0 atom stereocenters. The standard InChI is InChI=1S/C17H17BO/c1-12-10-14-8-5-9-15(14)17(16(12)18)19-11-13-6-3-2-4-7-13/h2-4,6-7,10H,5,8-9,11H2,1H3. The topological polar surface area (TPSA) is 9.23 Å². The van der Waals surface area contributed by atoms with E-state index in [1.807, 2.05) is 18.2 Å². The summed E-state index contributed by atoms with van der Waals surface area (Å²) in [7, 11) is 6.19. The van der Waals surface area contributed by atoms with E-state index in [1.54, 1.807) is 0 Å². The lowest BCUT2D eigenvalue weighted by molar-refractivity contribution is 0.306. The molecular formula is C17H17BO. The lowest BCUT2D eigenvalue weighted by Crippen LogP contribution is -2.15. The van der Waals surface area contributed by atoms with Gasteiger partial charge in [-0.1, -0.05) is 47.4 Å². The number of benzene rings is 2. The molecule has 94 valence electrons. The van der Waals surface area contributed by atoms with Crippen molar-refractivity contribution >= 4 is 13.3 Å². The second-order valence-electron chi connectivity index (χ2n) is 5.20. The van der Waals surface area contributed by atoms with Crippen LogP contribution in [0.4, 0.5) is 0 Å². The van der Waals surface area contributed by atoms with Gasteiger partial charge >= 0.3 is 0 Å². The number of rotatable bonds is 3. The Kier molecular flexibility index (Phi) is 3.33. The van der Waals surface area contributed by atoms with Crippen LogP contribution in [-0.4, -0.2) is 7.85 Å². The summed E-state index contributed by atoms with van der Waals surface area (Å²) in [5.41, 5.74) is 5.84. The Labute approximate surface area is 116 Å². The SMILES string of the molecule is [B]c1c(C)cc2c(c1OCc1ccccc1)CCC2. The number of hydrogen-bond acceptors (Lipinski definition) is 1. The quantitative estimate of drug-likeness (QED) is 0.759. The highest BCUT2D eigenvalue weighted by atomic mass is 16.5. The van der Waals surface area contributed by atoms with Gasteiger partial charge in [-0.2, -0.15) is 0 Å². The van der Waals surface area contributed by atoms with Crippen molar-refractivity contribution in [1.82, 2.24) is 0 Å². The van der Waals surface area contributed by atoms with Gasteiger partial charge in [0.25, 0.3) is 0 Å². The summed E-state index contributed by atoms with van der Waals surface area (Å²) >= 11 is 0. The number of aryl methyl sites for hydroxylation is 2. The molecule has 1 aliphatic carbocycles. The van der Waals surface area contributed by atoms with Gasteiger partial charge in [-0.25, -0.2) is 0 Å². The van der Waals surface area contributed by atoms with E-state index in [2.05, 4.69) is 25.1 Å². The highest BCUT2D eigenvalue weighted by molar-refractivity contribution is 6.35. The first-order chi connectivity index (χ1) is 9.25. The summed E-state index contributed by atoms with van der Waals surface area (Å²) in [6.07, 6.45) is 3.45. The molecule has 1 aliphatic rings. The highest BCUT2D eigenvalue weighted by Gasteiger charge is 2.19. The highest BCUT2D eigenvalue weighted by Crippen LogP contribution is 2.30. The van der Waals surface area contributed by atoms with E-state index in [0.717, 1.165) is 29.6 Å². The first-order valence-corrected chi connectivity index (χ1v) is 6.83. The molecule has 1 nitrogen and oxygen atoms in total. The fraction of sp³-hybridized carbons (Fsp3) is 0.294. The van der Waals surface area contributed by atoms with Crippen LogP contribution >= 0.6 is 0 Å². The van der Waals surface area contributed by atoms with Crippen LogP contribution in [0.2, 0.25) is 0 Å². The minimum atomic E-state index is 0.584. The van der Waals surface area contributed by atoms with Crippen LogP contribution < -0.4 is 10.2 Å². The molecule has 2 aromatic carbocycles. The van der Waals surface area contributed by atoms with E-state index < -0.39 is 0 Å². The van der Waals surface area contributed by atoms with Crippen molar-refractivity contribution < 1.29 is 4.74 Å². The van der Waals surface area contributed by atoms with Gasteiger partial charge in [0.1, 0.15) is 20.2 Å². The minimum Gasteiger partial charge on any atom is -0.489 e. The average molecular weight is 248 g/mol. The van der Waals surface area contributed by atoms with E-state index in [4.69, 9.17) is 12.6 Å². The van der Waals surface area contributed by atoms with Gasteiger partial charge in [0.05, 0.1) is 0 Å². The van der Waals surface area contributed by atoms with Crippen molar-refractivity contribution in [2.45, 2.75) is 32.8 Å². The molecule has 0 amide bonds. The van der Waals surface area contributed by atoms with Gasteiger partial charge in [-0.05, 0) is 42.9 Å². The van der Waals surface area contributed by atoms with E-state index in [0.29, 0.717) is 6.61 Å². The molecule has 2 aromatic rings. The first-order valence-electron chi connectivity index (χ1n) is 6.83. The zero-order chi connectivity index (χ0) is 13.2. The monoisotopic (exact) mass is 248 g/mol. The summed E-state index contributed by atoms with van der Waals surface area (Å²) in [6.45, 7) is 2.64. The summed E-state index contributed by atoms with van der Waals surface area (Å²) in [6, 6.07) is 12.4. The maximum absolute atomic E-state index is 6.19. The molecule has 19 heavy (non-hydrogen) atoms. The van der Waals surface area contributed by atoms with Crippen molar-refractivity contribution in [2.75, 3.05) is 0 Å². The lowest BCUT2D eigenvalue weighted by atomic mass is 9.86. The smallest absolute Gasteiger partial charge is 0.119 e. The van der Waals surface area contributed by atoms with E-state index in [1.165, 1.54) is 23.1 Å². The summed E-state index contributed by atoms with van der Waals surface area (Å²) in [5, 5.41) is 0. The van der Waals surface area contributed by atoms with E-state index in [9.17, 15) is 0 Å². The van der Waals surface area contributed by atoms with Crippen molar-refractivity contribution in [3.63, 3.8) is 0 Å². The van der Waals surface area contributed by atoms with E-state index in [-0.39, 0.29) is 0 Å². The normalized spacial score (nSPS) is 13.3. The molecule has 0 saturated heterocycles. The molecule has 0 fully saturated rings. The van der Waals surface area contributed by atoms with Crippen LogP contribution in [0.3, 0.4) is 0 Å². The van der Waals surface area contributed by atoms with Crippen LogP contribution in [0.25, 0.3) is 0 Å². The predicted molar refractivity (Wildman–Crippen MR) is 79.4 cm³/mol. The molecule has 2 heteroatoms. The maximum Gasteiger partial charge on any atom is 0.119 e.